The van der Waals surface area contributed by atoms with Gasteiger partial charge in [0.15, 0.2) is 11.2 Å². The van der Waals surface area contributed by atoms with Crippen molar-refractivity contribution in [2.24, 2.45) is 0 Å². The summed E-state index contributed by atoms with van der Waals surface area (Å²) in [5.41, 5.74) is 0.782. The monoisotopic (exact) mass is 409 g/mol. The molecule has 2 aromatic heterocycles. The smallest absolute Gasteiger partial charge is 0.330 e. The first-order chi connectivity index (χ1) is 13.0. The van der Waals surface area contributed by atoms with Crippen LogP contribution in [0.5, 0.6) is 0 Å². The summed E-state index contributed by atoms with van der Waals surface area (Å²) < 4.78 is 3.36. The number of hydrogen-bond acceptors (Lipinski definition) is 4. The Kier molecular flexibility index (Phi) is 5.92. The van der Waals surface area contributed by atoms with Crippen molar-refractivity contribution in [1.29, 1.82) is 0 Å². The van der Waals surface area contributed by atoms with E-state index >= 15 is 0 Å². The summed E-state index contributed by atoms with van der Waals surface area (Å²) >= 11 is 12.0. The van der Waals surface area contributed by atoms with Crippen LogP contribution in [0.25, 0.3) is 11.2 Å². The van der Waals surface area contributed by atoms with Crippen LogP contribution >= 0.6 is 23.2 Å². The van der Waals surface area contributed by atoms with Crippen molar-refractivity contribution in [3.63, 3.8) is 0 Å². The first-order valence-electron chi connectivity index (χ1n) is 8.87. The second-order valence-electron chi connectivity index (χ2n) is 6.19. The number of nitrogens with one attached hydrogen (secondary N) is 2. The van der Waals surface area contributed by atoms with Crippen LogP contribution in [-0.2, 0) is 19.6 Å². The van der Waals surface area contributed by atoms with Crippen molar-refractivity contribution in [2.75, 3.05) is 5.32 Å². The third kappa shape index (κ3) is 3.89. The number of benzene rings is 1. The van der Waals surface area contributed by atoms with Crippen LogP contribution in [0.1, 0.15) is 32.5 Å². The van der Waals surface area contributed by atoms with E-state index in [1.807, 2.05) is 24.5 Å². The minimum atomic E-state index is -0.425. The summed E-state index contributed by atoms with van der Waals surface area (Å²) in [6, 6.07) is 5.26. The van der Waals surface area contributed by atoms with Crippen molar-refractivity contribution in [2.45, 2.75) is 46.3 Å². The molecule has 3 aromatic rings. The molecule has 0 saturated carbocycles. The lowest BCUT2D eigenvalue weighted by Crippen LogP contribution is -2.31. The zero-order valence-electron chi connectivity index (χ0n) is 15.2. The van der Waals surface area contributed by atoms with Crippen LogP contribution in [0, 0.1) is 0 Å². The van der Waals surface area contributed by atoms with E-state index in [9.17, 15) is 9.59 Å². The summed E-state index contributed by atoms with van der Waals surface area (Å²) in [4.78, 5) is 31.6. The van der Waals surface area contributed by atoms with Gasteiger partial charge in [0.2, 0.25) is 0 Å². The first-order valence-corrected chi connectivity index (χ1v) is 9.63. The Bertz CT molecular complexity index is 1080. The van der Waals surface area contributed by atoms with Gasteiger partial charge in [-0.1, -0.05) is 36.5 Å². The molecule has 9 heteroatoms. The number of nitrogens with zero attached hydrogens (tertiary/aromatic N) is 3. The van der Waals surface area contributed by atoms with Gasteiger partial charge >= 0.3 is 5.69 Å². The quantitative estimate of drug-likeness (QED) is 0.623. The molecule has 0 saturated heterocycles. The molecular formula is C18H21Cl2N5O2. The second-order valence-corrected chi connectivity index (χ2v) is 7.01. The van der Waals surface area contributed by atoms with Gasteiger partial charge in [0.05, 0.1) is 16.6 Å². The lowest BCUT2D eigenvalue weighted by molar-refractivity contribution is 0.613. The molecule has 3 rings (SSSR count). The molecule has 0 aliphatic carbocycles. The molecule has 0 atom stereocenters. The second kappa shape index (κ2) is 8.19. The highest BCUT2D eigenvalue weighted by Crippen LogP contribution is 2.25. The van der Waals surface area contributed by atoms with Gasteiger partial charge in [0.25, 0.3) is 5.56 Å². The number of aromatic nitrogens is 4. The predicted octanol–water partition coefficient (Wildman–Crippen LogP) is 3.63. The van der Waals surface area contributed by atoms with Gasteiger partial charge in [-0.15, -0.1) is 0 Å². The summed E-state index contributed by atoms with van der Waals surface area (Å²) in [6.45, 7) is 5.44. The van der Waals surface area contributed by atoms with E-state index in [2.05, 4.69) is 15.3 Å². The third-order valence-electron chi connectivity index (χ3n) is 4.39. The number of imidazole rings is 1. The fourth-order valence-corrected chi connectivity index (χ4v) is 3.30. The molecule has 144 valence electrons. The number of aryl methyl sites for hydroxylation is 2. The molecule has 0 radical (unpaired) electrons. The lowest BCUT2D eigenvalue weighted by atomic mass is 10.3. The largest absolute Gasteiger partial charge is 0.378 e. The average molecular weight is 410 g/mol. The molecule has 0 amide bonds. The van der Waals surface area contributed by atoms with Crippen molar-refractivity contribution in [3.8, 4) is 0 Å². The zero-order valence-corrected chi connectivity index (χ0v) is 16.7. The number of halogens is 2. The van der Waals surface area contributed by atoms with Crippen LogP contribution < -0.4 is 16.6 Å². The Morgan fingerprint density at radius 2 is 1.93 bits per heavy atom. The third-order valence-corrected chi connectivity index (χ3v) is 5.13. The number of hydrogen-bond donors (Lipinski definition) is 2. The van der Waals surface area contributed by atoms with E-state index in [0.29, 0.717) is 46.7 Å². The molecule has 1 aromatic carbocycles. The van der Waals surface area contributed by atoms with Crippen molar-refractivity contribution < 1.29 is 0 Å². The predicted molar refractivity (Wildman–Crippen MR) is 109 cm³/mol. The highest BCUT2D eigenvalue weighted by atomic mass is 35.5. The fraction of sp³-hybridized carbons (Fsp3) is 0.389. The van der Waals surface area contributed by atoms with Crippen LogP contribution in [0.2, 0.25) is 10.0 Å². The molecule has 27 heavy (non-hydrogen) atoms. The van der Waals surface area contributed by atoms with Crippen molar-refractivity contribution >= 4 is 40.1 Å². The van der Waals surface area contributed by atoms with Gasteiger partial charge in [-0.05, 0) is 31.5 Å². The van der Waals surface area contributed by atoms with Gasteiger partial charge < -0.3 is 9.88 Å². The van der Waals surface area contributed by atoms with E-state index in [4.69, 9.17) is 23.2 Å². The van der Waals surface area contributed by atoms with E-state index in [1.165, 1.54) is 4.57 Å². The summed E-state index contributed by atoms with van der Waals surface area (Å²) in [5, 5.41) is 4.17. The van der Waals surface area contributed by atoms with E-state index < -0.39 is 11.2 Å². The molecular weight excluding hydrogens is 389 g/mol. The van der Waals surface area contributed by atoms with E-state index in [1.54, 1.807) is 12.1 Å². The maximum Gasteiger partial charge on any atom is 0.330 e. The first kappa shape index (κ1) is 19.5. The molecule has 0 unspecified atom stereocenters. The van der Waals surface area contributed by atoms with Crippen LogP contribution in [0.4, 0.5) is 5.69 Å². The standard InChI is InChI=1S/C18H21Cl2N5O2/c1-3-5-8-25-16-15(17(26)23-18(25)27)24(4-2)14(22-16)10-21-11-6-7-12(19)13(20)9-11/h6-7,9,21H,3-5,8,10H2,1-2H3,(H,23,26,27). The van der Waals surface area contributed by atoms with Gasteiger partial charge in [-0.3, -0.25) is 14.3 Å². The lowest BCUT2D eigenvalue weighted by Gasteiger charge is -2.09. The topological polar surface area (TPSA) is 84.7 Å². The average Bonchev–Trinajstić information content (AvgIpc) is 3.01. The molecule has 2 N–H and O–H groups in total. The number of H-pyrrole nitrogens is 1. The number of anilines is 1. The number of aromatic amines is 1. The Morgan fingerprint density at radius 1 is 1.15 bits per heavy atom. The van der Waals surface area contributed by atoms with Crippen molar-refractivity contribution in [1.82, 2.24) is 19.1 Å². The SMILES string of the molecule is CCCCn1c(=O)[nH]c(=O)c2c1nc(CNc1ccc(Cl)c(Cl)c1)n2CC. The van der Waals surface area contributed by atoms with E-state index in [0.717, 1.165) is 18.5 Å². The molecule has 0 aliphatic heterocycles. The summed E-state index contributed by atoms with van der Waals surface area (Å²) in [6.07, 6.45) is 1.77. The van der Waals surface area contributed by atoms with Gasteiger partial charge in [-0.25, -0.2) is 9.78 Å². The number of fused-ring (bicyclic) bond motifs is 1. The van der Waals surface area contributed by atoms with Gasteiger partial charge in [0, 0.05) is 18.8 Å². The summed E-state index contributed by atoms with van der Waals surface area (Å²) in [5.74, 6) is 0.667. The highest BCUT2D eigenvalue weighted by molar-refractivity contribution is 6.42. The van der Waals surface area contributed by atoms with Crippen LogP contribution in [0.3, 0.4) is 0 Å². The molecule has 7 nitrogen and oxygen atoms in total. The Balaban J connectivity index is 2.02. The Labute approximate surface area is 165 Å². The van der Waals surface area contributed by atoms with Gasteiger partial charge in [-0.2, -0.15) is 0 Å². The normalized spacial score (nSPS) is 11.3. The Hall–Kier alpha value is -2.25. The van der Waals surface area contributed by atoms with E-state index in [-0.39, 0.29) is 0 Å². The molecule has 0 fully saturated rings. The number of unbranched alkanes of at least 4 members (excludes halogenated alkanes) is 1. The minimum Gasteiger partial charge on any atom is -0.378 e. The maximum atomic E-state index is 12.4. The maximum absolute atomic E-state index is 12.4. The fourth-order valence-electron chi connectivity index (χ4n) is 3.00. The molecule has 0 aliphatic rings. The van der Waals surface area contributed by atoms with Crippen LogP contribution in [-0.4, -0.2) is 19.1 Å². The molecule has 2 heterocycles. The molecule has 0 spiro atoms. The van der Waals surface area contributed by atoms with Crippen molar-refractivity contribution in [3.05, 3.63) is 54.9 Å². The van der Waals surface area contributed by atoms with Gasteiger partial charge in [0.1, 0.15) is 5.82 Å². The minimum absolute atomic E-state index is 0.377. The number of rotatable bonds is 7. The van der Waals surface area contributed by atoms with Crippen LogP contribution in [0.15, 0.2) is 27.8 Å². The zero-order chi connectivity index (χ0) is 19.6. The Morgan fingerprint density at radius 3 is 2.59 bits per heavy atom. The molecule has 0 bridgehead atoms. The summed E-state index contributed by atoms with van der Waals surface area (Å²) in [7, 11) is 0. The highest BCUT2D eigenvalue weighted by Gasteiger charge is 2.17.